The molecule has 1 saturated heterocycles. The van der Waals surface area contributed by atoms with Gasteiger partial charge in [0.1, 0.15) is 0 Å². The first-order valence-electron chi connectivity index (χ1n) is 6.53. The topological polar surface area (TPSA) is 64.2 Å². The normalized spacial score (nSPS) is 22.3. The highest BCUT2D eigenvalue weighted by atomic mass is 35.5. The molecule has 0 spiro atoms. The molecule has 1 amide bonds. The number of rotatable bonds is 2. The minimum Gasteiger partial charge on any atom is -0.327 e. The Balaban J connectivity index is 0.00000161. The van der Waals surface area contributed by atoms with Crippen LogP contribution in [0.2, 0.25) is 0 Å². The number of hydrogen-bond acceptors (Lipinski definition) is 4. The van der Waals surface area contributed by atoms with Crippen LogP contribution in [-0.4, -0.2) is 33.3 Å². The van der Waals surface area contributed by atoms with Crippen molar-refractivity contribution in [2.24, 2.45) is 25.0 Å². The zero-order valence-electron chi connectivity index (χ0n) is 11.9. The van der Waals surface area contributed by atoms with Gasteiger partial charge in [0, 0.05) is 50.9 Å². The Hall–Kier alpha value is -1.44. The zero-order valence-corrected chi connectivity index (χ0v) is 13.5. The monoisotopic (exact) mass is 327 g/mol. The summed E-state index contributed by atoms with van der Waals surface area (Å²) in [6.45, 7) is 1.48. The minimum atomic E-state index is -0.110. The molecule has 114 valence electrons. The van der Waals surface area contributed by atoms with Gasteiger partial charge < -0.3 is 9.88 Å². The predicted octanol–water partition coefficient (Wildman–Crippen LogP) is 0.672. The van der Waals surface area contributed by atoms with Gasteiger partial charge in [-0.15, -0.1) is 23.7 Å². The number of nitrogens with one attached hydrogen (secondary N) is 1. The average Bonchev–Trinajstić information content (AvgIpc) is 3.11. The van der Waals surface area contributed by atoms with Crippen LogP contribution >= 0.6 is 23.7 Å². The van der Waals surface area contributed by atoms with Crippen LogP contribution in [0.15, 0.2) is 29.0 Å². The van der Waals surface area contributed by atoms with Gasteiger partial charge >= 0.3 is 0 Å². The van der Waals surface area contributed by atoms with Crippen LogP contribution in [0.1, 0.15) is 11.5 Å². The van der Waals surface area contributed by atoms with Crippen LogP contribution < -0.4 is 10.1 Å². The van der Waals surface area contributed by atoms with Crippen molar-refractivity contribution in [1.82, 2.24) is 19.7 Å². The maximum Gasteiger partial charge on any atom is 0.253 e. The molecule has 0 aromatic carbocycles. The zero-order chi connectivity index (χ0) is 14.1. The van der Waals surface area contributed by atoms with E-state index in [9.17, 15) is 4.79 Å². The number of carbonyl (C=O) groups excluding carboxylic acids is 1. The lowest BCUT2D eigenvalue weighted by Gasteiger charge is -2.13. The fraction of sp³-hybridized carbons (Fsp3) is 0.462. The maximum absolute atomic E-state index is 12.4. The van der Waals surface area contributed by atoms with Gasteiger partial charge in [-0.05, 0) is 5.56 Å². The van der Waals surface area contributed by atoms with E-state index in [1.165, 1.54) is 11.3 Å². The number of carbonyl (C=O) groups is 1. The lowest BCUT2D eigenvalue weighted by Crippen LogP contribution is -2.23. The summed E-state index contributed by atoms with van der Waals surface area (Å²) in [6.07, 6.45) is 5.72. The number of aryl methyl sites for hydroxylation is 2. The molecular formula is C13H18ClN5OS. The van der Waals surface area contributed by atoms with Crippen molar-refractivity contribution in [3.8, 4) is 0 Å². The summed E-state index contributed by atoms with van der Waals surface area (Å²) in [4.78, 5) is 17.4. The van der Waals surface area contributed by atoms with E-state index in [1.807, 2.05) is 42.6 Å². The van der Waals surface area contributed by atoms with Crippen molar-refractivity contribution in [1.29, 1.82) is 0 Å². The quantitative estimate of drug-likeness (QED) is 0.882. The van der Waals surface area contributed by atoms with E-state index < -0.39 is 0 Å². The molecule has 2 aromatic rings. The smallest absolute Gasteiger partial charge is 0.253 e. The molecule has 0 radical (unpaired) electrons. The standard InChI is InChI=1S/C13H17N5OS.ClH/c1-17-3-4-20-13(17)16-12(19)11-7-14-6-10(11)9-5-15-18(2)8-9;/h3-5,8,10-11,14H,6-7H2,1-2H3;1H/t10-,11+;/m1./s1. The van der Waals surface area contributed by atoms with E-state index in [0.29, 0.717) is 6.54 Å². The molecule has 1 aliphatic rings. The molecule has 3 rings (SSSR count). The van der Waals surface area contributed by atoms with Gasteiger partial charge in [0.25, 0.3) is 5.91 Å². The Kier molecular flexibility index (Phi) is 4.97. The van der Waals surface area contributed by atoms with Crippen molar-refractivity contribution in [3.05, 3.63) is 34.3 Å². The Labute approximate surface area is 132 Å². The molecule has 6 nitrogen and oxygen atoms in total. The van der Waals surface area contributed by atoms with Crippen molar-refractivity contribution in [2.75, 3.05) is 13.1 Å². The van der Waals surface area contributed by atoms with Gasteiger partial charge in [0.05, 0.1) is 12.1 Å². The third kappa shape index (κ3) is 3.25. The highest BCUT2D eigenvalue weighted by Gasteiger charge is 2.34. The van der Waals surface area contributed by atoms with Gasteiger partial charge in [-0.2, -0.15) is 10.1 Å². The lowest BCUT2D eigenvalue weighted by molar-refractivity contribution is -0.121. The number of halogens is 1. The fourth-order valence-corrected chi connectivity index (χ4v) is 3.27. The minimum absolute atomic E-state index is 0. The number of aromatic nitrogens is 3. The van der Waals surface area contributed by atoms with Crippen molar-refractivity contribution < 1.29 is 4.79 Å². The van der Waals surface area contributed by atoms with Crippen molar-refractivity contribution in [2.45, 2.75) is 5.92 Å². The van der Waals surface area contributed by atoms with E-state index >= 15 is 0 Å². The Bertz CT molecular complexity index is 689. The highest BCUT2D eigenvalue weighted by molar-refractivity contribution is 7.07. The van der Waals surface area contributed by atoms with Crippen molar-refractivity contribution in [3.63, 3.8) is 0 Å². The Morgan fingerprint density at radius 1 is 1.48 bits per heavy atom. The molecule has 21 heavy (non-hydrogen) atoms. The Morgan fingerprint density at radius 2 is 2.29 bits per heavy atom. The predicted molar refractivity (Wildman–Crippen MR) is 83.4 cm³/mol. The summed E-state index contributed by atoms with van der Waals surface area (Å²) in [5, 5.41) is 9.40. The van der Waals surface area contributed by atoms with E-state index in [4.69, 9.17) is 0 Å². The van der Waals surface area contributed by atoms with E-state index in [-0.39, 0.29) is 30.2 Å². The number of nitrogens with zero attached hydrogens (tertiary/aromatic N) is 4. The van der Waals surface area contributed by atoms with Crippen LogP contribution in [0, 0.1) is 5.92 Å². The van der Waals surface area contributed by atoms with Crippen LogP contribution in [0.5, 0.6) is 0 Å². The second-order valence-electron chi connectivity index (χ2n) is 5.07. The average molecular weight is 328 g/mol. The summed E-state index contributed by atoms with van der Waals surface area (Å²) in [5.41, 5.74) is 1.10. The molecule has 8 heteroatoms. The number of thiazole rings is 1. The fourth-order valence-electron chi connectivity index (χ4n) is 2.53. The largest absolute Gasteiger partial charge is 0.327 e. The molecule has 0 unspecified atom stereocenters. The summed E-state index contributed by atoms with van der Waals surface area (Å²) >= 11 is 1.48. The second kappa shape index (κ2) is 6.55. The number of amides is 1. The molecule has 0 aliphatic carbocycles. The third-order valence-electron chi connectivity index (χ3n) is 3.65. The van der Waals surface area contributed by atoms with Gasteiger partial charge in [-0.3, -0.25) is 9.48 Å². The van der Waals surface area contributed by atoms with Crippen LogP contribution in [0.4, 0.5) is 0 Å². The lowest BCUT2D eigenvalue weighted by atomic mass is 9.90. The molecule has 0 bridgehead atoms. The molecule has 1 N–H and O–H groups in total. The summed E-state index contributed by atoms with van der Waals surface area (Å²) in [5.74, 6) is -0.00609. The van der Waals surface area contributed by atoms with E-state index in [0.717, 1.165) is 16.9 Å². The maximum atomic E-state index is 12.4. The first-order chi connectivity index (χ1) is 9.65. The molecule has 0 saturated carbocycles. The van der Waals surface area contributed by atoms with Gasteiger partial charge in [0.15, 0.2) is 4.80 Å². The first kappa shape index (κ1) is 15.9. The summed E-state index contributed by atoms with van der Waals surface area (Å²) < 4.78 is 3.63. The Morgan fingerprint density at radius 3 is 2.90 bits per heavy atom. The highest BCUT2D eigenvalue weighted by Crippen LogP contribution is 2.28. The molecule has 1 fully saturated rings. The molecule has 3 heterocycles. The molecule has 2 atom stereocenters. The van der Waals surface area contributed by atoms with Crippen LogP contribution in [0.3, 0.4) is 0 Å². The molecule has 1 aliphatic heterocycles. The molecule has 2 aromatic heterocycles. The second-order valence-corrected chi connectivity index (χ2v) is 5.94. The van der Waals surface area contributed by atoms with Gasteiger partial charge in [0.2, 0.25) is 0 Å². The molecular weight excluding hydrogens is 310 g/mol. The van der Waals surface area contributed by atoms with Crippen LogP contribution in [0.25, 0.3) is 0 Å². The van der Waals surface area contributed by atoms with Crippen LogP contribution in [-0.2, 0) is 18.9 Å². The first-order valence-corrected chi connectivity index (χ1v) is 7.41. The summed E-state index contributed by atoms with van der Waals surface area (Å²) in [6, 6.07) is 0. The summed E-state index contributed by atoms with van der Waals surface area (Å²) in [7, 11) is 3.78. The van der Waals surface area contributed by atoms with Gasteiger partial charge in [-0.25, -0.2) is 0 Å². The van der Waals surface area contributed by atoms with E-state index in [1.54, 1.807) is 4.68 Å². The third-order valence-corrected chi connectivity index (χ3v) is 4.50. The SMILES string of the molecule is Cl.Cn1cc([C@H]2CNC[C@@H]2C(=O)N=c2sccn2C)cn1. The van der Waals surface area contributed by atoms with Crippen molar-refractivity contribution >= 4 is 29.7 Å². The van der Waals surface area contributed by atoms with E-state index in [2.05, 4.69) is 15.4 Å². The van der Waals surface area contributed by atoms with Gasteiger partial charge in [-0.1, -0.05) is 0 Å². The number of hydrogen-bond donors (Lipinski definition) is 1.